The molecule has 0 aromatic carbocycles. The molecule has 0 aromatic heterocycles. The van der Waals surface area contributed by atoms with Crippen LogP contribution in [0.5, 0.6) is 0 Å². The zero-order valence-corrected chi connectivity index (χ0v) is 49.1. The number of carbonyl (C=O) groups is 2. The number of rotatable bonds is 61. The van der Waals surface area contributed by atoms with Crippen molar-refractivity contribution in [1.82, 2.24) is 5.32 Å². The van der Waals surface area contributed by atoms with E-state index in [-0.39, 0.29) is 18.5 Å². The van der Waals surface area contributed by atoms with Crippen LogP contribution in [0.4, 0.5) is 0 Å². The van der Waals surface area contributed by atoms with Crippen LogP contribution in [-0.4, -0.2) is 47.4 Å². The van der Waals surface area contributed by atoms with Gasteiger partial charge >= 0.3 is 5.97 Å². The van der Waals surface area contributed by atoms with Crippen molar-refractivity contribution in [3.8, 4) is 0 Å². The summed E-state index contributed by atoms with van der Waals surface area (Å²) in [6, 6.07) is -0.623. The van der Waals surface area contributed by atoms with Gasteiger partial charge in [-0.25, -0.2) is 0 Å². The van der Waals surface area contributed by atoms with E-state index in [0.717, 1.165) is 44.9 Å². The van der Waals surface area contributed by atoms with Crippen molar-refractivity contribution < 1.29 is 24.5 Å². The minimum Gasteiger partial charge on any atom is -0.466 e. The van der Waals surface area contributed by atoms with Gasteiger partial charge in [-0.3, -0.25) is 9.59 Å². The van der Waals surface area contributed by atoms with Crippen LogP contribution in [0.1, 0.15) is 354 Å². The Labute approximate surface area is 455 Å². The number of aliphatic hydroxyl groups is 2. The van der Waals surface area contributed by atoms with Gasteiger partial charge in [0.15, 0.2) is 0 Å². The van der Waals surface area contributed by atoms with Crippen molar-refractivity contribution in [3.05, 3.63) is 36.5 Å². The fourth-order valence-electron chi connectivity index (χ4n) is 10.1. The summed E-state index contributed by atoms with van der Waals surface area (Å²) >= 11 is 0. The molecule has 0 heterocycles. The monoisotopic (exact) mass is 1030 g/mol. The second-order valence-electron chi connectivity index (χ2n) is 22.4. The van der Waals surface area contributed by atoms with Crippen molar-refractivity contribution in [3.63, 3.8) is 0 Å². The molecule has 0 fully saturated rings. The maximum Gasteiger partial charge on any atom is 0.305 e. The lowest BCUT2D eigenvalue weighted by Crippen LogP contribution is -2.45. The van der Waals surface area contributed by atoms with Crippen LogP contribution >= 0.6 is 0 Å². The zero-order valence-electron chi connectivity index (χ0n) is 49.1. The van der Waals surface area contributed by atoms with Crippen LogP contribution in [0.3, 0.4) is 0 Å². The van der Waals surface area contributed by atoms with Gasteiger partial charge in [-0.2, -0.15) is 0 Å². The Morgan fingerprint density at radius 3 is 1.01 bits per heavy atom. The summed E-state index contributed by atoms with van der Waals surface area (Å²) in [6.07, 6.45) is 79.4. The molecule has 0 aromatic rings. The van der Waals surface area contributed by atoms with Crippen LogP contribution in [0, 0.1) is 0 Å². The van der Waals surface area contributed by atoms with Crippen molar-refractivity contribution in [1.29, 1.82) is 0 Å². The molecule has 0 aliphatic rings. The van der Waals surface area contributed by atoms with E-state index in [1.165, 1.54) is 283 Å². The number of hydrogen-bond acceptors (Lipinski definition) is 5. The molecule has 0 bridgehead atoms. The molecule has 1 amide bonds. The third-order valence-electron chi connectivity index (χ3n) is 15.1. The molecular formula is C67H127NO5. The van der Waals surface area contributed by atoms with Gasteiger partial charge in [0.2, 0.25) is 5.91 Å². The Kier molecular flexibility index (Phi) is 61.0. The number of hydrogen-bond donors (Lipinski definition) is 3. The molecule has 0 radical (unpaired) electrons. The van der Waals surface area contributed by atoms with Gasteiger partial charge in [0, 0.05) is 12.8 Å². The maximum absolute atomic E-state index is 12.4. The number of aliphatic hydroxyl groups excluding tert-OH is 2. The van der Waals surface area contributed by atoms with Gasteiger partial charge in [-0.1, -0.05) is 301 Å². The summed E-state index contributed by atoms with van der Waals surface area (Å²) in [5.74, 6) is -0.0567. The highest BCUT2D eigenvalue weighted by atomic mass is 16.5. The molecule has 0 aliphatic heterocycles. The van der Waals surface area contributed by atoms with Crippen molar-refractivity contribution in [2.24, 2.45) is 0 Å². The van der Waals surface area contributed by atoms with E-state index in [2.05, 4.69) is 43.5 Å². The number of carbonyl (C=O) groups excluding carboxylic acids is 2. The Morgan fingerprint density at radius 1 is 0.370 bits per heavy atom. The Bertz CT molecular complexity index is 1180. The van der Waals surface area contributed by atoms with E-state index in [1.807, 2.05) is 6.08 Å². The molecule has 3 N–H and O–H groups in total. The molecule has 6 heteroatoms. The first-order valence-electron chi connectivity index (χ1n) is 32.8. The molecule has 73 heavy (non-hydrogen) atoms. The molecule has 0 aliphatic carbocycles. The summed E-state index contributed by atoms with van der Waals surface area (Å²) in [7, 11) is 0. The summed E-state index contributed by atoms with van der Waals surface area (Å²) < 4.78 is 5.46. The zero-order chi connectivity index (χ0) is 52.9. The molecule has 0 rings (SSSR count). The quantitative estimate of drug-likeness (QED) is 0.0320. The molecule has 0 saturated heterocycles. The number of esters is 1. The summed E-state index contributed by atoms with van der Waals surface area (Å²) in [5, 5.41) is 23.0. The van der Waals surface area contributed by atoms with Crippen LogP contribution in [0.2, 0.25) is 0 Å². The summed E-state index contributed by atoms with van der Waals surface area (Å²) in [4.78, 5) is 24.4. The second-order valence-corrected chi connectivity index (χ2v) is 22.4. The molecule has 6 nitrogen and oxygen atoms in total. The highest BCUT2D eigenvalue weighted by Gasteiger charge is 2.18. The van der Waals surface area contributed by atoms with Crippen molar-refractivity contribution >= 4 is 11.9 Å². The van der Waals surface area contributed by atoms with Gasteiger partial charge < -0.3 is 20.3 Å². The van der Waals surface area contributed by atoms with Gasteiger partial charge in [0.25, 0.3) is 0 Å². The molecular weight excluding hydrogens is 899 g/mol. The predicted molar refractivity (Wildman–Crippen MR) is 319 cm³/mol. The number of allylic oxidation sites excluding steroid dienone is 5. The fraction of sp³-hybridized carbons (Fsp3) is 0.881. The van der Waals surface area contributed by atoms with Crippen LogP contribution in [0.15, 0.2) is 36.5 Å². The Morgan fingerprint density at radius 2 is 0.658 bits per heavy atom. The summed E-state index contributed by atoms with van der Waals surface area (Å²) in [5.41, 5.74) is 0. The lowest BCUT2D eigenvalue weighted by Gasteiger charge is -2.20. The van der Waals surface area contributed by atoms with Crippen LogP contribution in [-0.2, 0) is 14.3 Å². The maximum atomic E-state index is 12.4. The lowest BCUT2D eigenvalue weighted by molar-refractivity contribution is -0.143. The van der Waals surface area contributed by atoms with E-state index >= 15 is 0 Å². The van der Waals surface area contributed by atoms with E-state index in [1.54, 1.807) is 6.08 Å². The average Bonchev–Trinajstić information content (AvgIpc) is 3.39. The first kappa shape index (κ1) is 71.1. The third-order valence-corrected chi connectivity index (χ3v) is 15.1. The fourth-order valence-corrected chi connectivity index (χ4v) is 10.1. The van der Waals surface area contributed by atoms with Gasteiger partial charge in [0.1, 0.15) is 0 Å². The largest absolute Gasteiger partial charge is 0.466 e. The van der Waals surface area contributed by atoms with E-state index in [9.17, 15) is 19.8 Å². The third kappa shape index (κ3) is 59.2. The molecule has 2 atom stereocenters. The molecule has 2 unspecified atom stereocenters. The lowest BCUT2D eigenvalue weighted by atomic mass is 10.0. The van der Waals surface area contributed by atoms with Gasteiger partial charge in [-0.15, -0.1) is 0 Å². The Hall–Kier alpha value is -1.92. The first-order chi connectivity index (χ1) is 36.0. The first-order valence-corrected chi connectivity index (χ1v) is 32.8. The second kappa shape index (κ2) is 62.6. The highest BCUT2D eigenvalue weighted by molar-refractivity contribution is 5.76. The predicted octanol–water partition coefficient (Wildman–Crippen LogP) is 20.8. The standard InChI is InChI=1S/C67H127NO5/c1-3-5-7-9-11-13-40-45-49-53-57-61-67(72)73-62-58-54-50-46-42-39-37-35-33-31-29-27-25-23-21-19-17-15-16-18-20-22-24-26-28-30-32-34-36-38-41-44-48-52-56-60-66(71)68-64(63-69)65(70)59-55-51-47-43-14-12-10-8-6-4-2/h9,11,17,19,55,59,64-65,69-70H,3-8,10,12-16,18,20-54,56-58,60-63H2,1-2H3,(H,68,71)/b11-9-,19-17-,59-55+. The normalized spacial score (nSPS) is 12.8. The van der Waals surface area contributed by atoms with Crippen molar-refractivity contribution in [2.45, 2.75) is 366 Å². The molecule has 0 saturated carbocycles. The molecule has 0 spiro atoms. The highest BCUT2D eigenvalue weighted by Crippen LogP contribution is 2.18. The minimum absolute atomic E-state index is 0.00872. The molecule has 430 valence electrons. The van der Waals surface area contributed by atoms with Crippen LogP contribution < -0.4 is 5.32 Å². The van der Waals surface area contributed by atoms with Gasteiger partial charge in [0.05, 0.1) is 25.4 Å². The summed E-state index contributed by atoms with van der Waals surface area (Å²) in [6.45, 7) is 4.86. The SMILES string of the molecule is CCCC/C=C\CCCCCCCC(=O)OCCCCCCCCCCCCCCCC/C=C\CCCCCCCCCCCCCCCCCCCC(=O)NC(CO)C(O)/C=C/CCCCCCCCCC. The van der Waals surface area contributed by atoms with E-state index in [0.29, 0.717) is 19.4 Å². The van der Waals surface area contributed by atoms with E-state index < -0.39 is 12.1 Å². The Balaban J connectivity index is 3.33. The van der Waals surface area contributed by atoms with Gasteiger partial charge in [-0.05, 0) is 77.0 Å². The number of unbranched alkanes of at least 4 members (excludes halogenated alkanes) is 46. The average molecular weight is 1030 g/mol. The smallest absolute Gasteiger partial charge is 0.305 e. The number of ether oxygens (including phenoxy) is 1. The minimum atomic E-state index is -0.840. The topological polar surface area (TPSA) is 95.9 Å². The number of nitrogens with one attached hydrogen (secondary N) is 1. The van der Waals surface area contributed by atoms with Crippen molar-refractivity contribution in [2.75, 3.05) is 13.2 Å². The number of amides is 1. The van der Waals surface area contributed by atoms with Crippen LogP contribution in [0.25, 0.3) is 0 Å². The van der Waals surface area contributed by atoms with E-state index in [4.69, 9.17) is 4.74 Å².